The molecule has 31 heavy (non-hydrogen) atoms. The smallest absolute Gasteiger partial charge is 0.351 e. The van der Waals surface area contributed by atoms with E-state index in [0.29, 0.717) is 0 Å². The van der Waals surface area contributed by atoms with Gasteiger partial charge in [-0.2, -0.15) is 26.3 Å². The summed E-state index contributed by atoms with van der Waals surface area (Å²) in [6.07, 6.45) is -4.32. The number of aromatic nitrogens is 1. The first-order chi connectivity index (χ1) is 14.5. The number of hydrogen-bond donors (Lipinski definition) is 3. The topological polar surface area (TPSA) is 86.4 Å². The fourth-order valence-electron chi connectivity index (χ4n) is 2.90. The molecule has 3 N–H and O–H groups in total. The molecular formula is C18H15F6N5O2. The molecular weight excluding hydrogens is 432 g/mol. The van der Waals surface area contributed by atoms with Crippen molar-refractivity contribution in [3.8, 4) is 0 Å². The van der Waals surface area contributed by atoms with Gasteiger partial charge in [-0.25, -0.2) is 0 Å². The molecule has 2 atom stereocenters. The van der Waals surface area contributed by atoms with Crippen molar-refractivity contribution < 1.29 is 35.9 Å². The first-order valence-corrected chi connectivity index (χ1v) is 8.74. The summed E-state index contributed by atoms with van der Waals surface area (Å²) in [5.74, 6) is -2.33. The van der Waals surface area contributed by atoms with Gasteiger partial charge >= 0.3 is 12.4 Å². The molecule has 0 aliphatic carbocycles. The minimum Gasteiger partial charge on any atom is -0.351 e. The van der Waals surface area contributed by atoms with Crippen molar-refractivity contribution in [1.29, 1.82) is 0 Å². The number of pyridine rings is 1. The number of carbonyl (C=O) groups excluding carboxylic acids is 2. The molecule has 2 unspecified atom stereocenters. The number of fused-ring (bicyclic) bond motifs is 1. The zero-order valence-corrected chi connectivity index (χ0v) is 15.5. The van der Waals surface area contributed by atoms with Crippen molar-refractivity contribution in [2.24, 2.45) is 0 Å². The maximum absolute atomic E-state index is 13.5. The third-order valence-electron chi connectivity index (χ3n) is 4.23. The Labute approximate surface area is 171 Å². The van der Waals surface area contributed by atoms with Crippen LogP contribution in [0.1, 0.15) is 11.7 Å². The maximum atomic E-state index is 13.5. The van der Waals surface area contributed by atoms with Gasteiger partial charge in [-0.1, -0.05) is 12.1 Å². The van der Waals surface area contributed by atoms with Crippen LogP contribution in [0.25, 0.3) is 0 Å². The summed E-state index contributed by atoms with van der Waals surface area (Å²) in [5.41, 5.74) is -0.839. The SMILES string of the molecule is O=C(NC(c1ccccn1)C(F)(F)F)C1=C2C=CC=CN2C(C(=O)NCC(F)(F)F)N1. The number of hydrogen-bond acceptors (Lipinski definition) is 5. The molecule has 0 spiro atoms. The van der Waals surface area contributed by atoms with Gasteiger partial charge in [0, 0.05) is 12.4 Å². The zero-order valence-electron chi connectivity index (χ0n) is 15.5. The van der Waals surface area contributed by atoms with Crippen LogP contribution in [0, 0.1) is 0 Å². The van der Waals surface area contributed by atoms with Crippen molar-refractivity contribution >= 4 is 11.8 Å². The molecule has 3 heterocycles. The minimum absolute atomic E-state index is 0.0223. The van der Waals surface area contributed by atoms with Crippen LogP contribution in [0.5, 0.6) is 0 Å². The second-order valence-electron chi connectivity index (χ2n) is 6.45. The van der Waals surface area contributed by atoms with E-state index in [1.807, 2.05) is 5.32 Å². The van der Waals surface area contributed by atoms with Crippen LogP contribution in [-0.2, 0) is 9.59 Å². The van der Waals surface area contributed by atoms with Crippen LogP contribution in [-0.4, -0.2) is 46.8 Å². The van der Waals surface area contributed by atoms with E-state index in [1.54, 1.807) is 5.32 Å². The standard InChI is InChI=1S/C18H15F6N5O2/c19-17(20,21)9-26-16(31)14-27-12(11-6-2-4-8-29(11)14)15(30)28-13(18(22,23)24)10-5-1-3-7-25-10/h1-8,13-14,27H,9H2,(H,26,31)(H,28,30). The third-order valence-corrected chi connectivity index (χ3v) is 4.23. The van der Waals surface area contributed by atoms with Gasteiger partial charge in [0.05, 0.1) is 11.4 Å². The molecule has 3 rings (SSSR count). The molecule has 0 saturated heterocycles. The molecule has 2 aliphatic rings. The zero-order chi connectivity index (χ0) is 22.8. The van der Waals surface area contributed by atoms with Crippen LogP contribution in [0.15, 0.2) is 60.2 Å². The highest BCUT2D eigenvalue weighted by Crippen LogP contribution is 2.33. The number of nitrogens with one attached hydrogen (secondary N) is 3. The van der Waals surface area contributed by atoms with E-state index >= 15 is 0 Å². The maximum Gasteiger partial charge on any atom is 0.414 e. The number of amides is 2. The highest BCUT2D eigenvalue weighted by molar-refractivity contribution is 5.97. The number of carbonyl (C=O) groups is 2. The van der Waals surface area contributed by atoms with Crippen LogP contribution in [0.3, 0.4) is 0 Å². The lowest BCUT2D eigenvalue weighted by molar-refractivity contribution is -0.163. The Morgan fingerprint density at radius 3 is 2.52 bits per heavy atom. The van der Waals surface area contributed by atoms with Gasteiger partial charge in [-0.3, -0.25) is 14.6 Å². The number of nitrogens with zero attached hydrogens (tertiary/aromatic N) is 2. The van der Waals surface area contributed by atoms with E-state index in [2.05, 4.69) is 10.3 Å². The van der Waals surface area contributed by atoms with Crippen LogP contribution in [0.4, 0.5) is 26.3 Å². The normalized spacial score (nSPS) is 19.0. The summed E-state index contributed by atoms with van der Waals surface area (Å²) in [4.78, 5) is 29.6. The van der Waals surface area contributed by atoms with Crippen molar-refractivity contribution in [2.45, 2.75) is 24.6 Å². The van der Waals surface area contributed by atoms with Gasteiger partial charge in [-0.15, -0.1) is 0 Å². The fraction of sp³-hybridized carbons (Fsp3) is 0.278. The van der Waals surface area contributed by atoms with Crippen LogP contribution in [0.2, 0.25) is 0 Å². The first-order valence-electron chi connectivity index (χ1n) is 8.74. The first kappa shape index (κ1) is 22.2. The Hall–Kier alpha value is -3.51. The molecule has 0 saturated carbocycles. The average Bonchev–Trinajstić information content (AvgIpc) is 3.09. The number of rotatable bonds is 5. The molecule has 2 amide bonds. The summed E-state index contributed by atoms with van der Waals surface area (Å²) in [6.45, 7) is -1.61. The van der Waals surface area contributed by atoms with Gasteiger partial charge in [0.2, 0.25) is 0 Å². The molecule has 0 bridgehead atoms. The molecule has 1 aromatic heterocycles. The number of alkyl halides is 6. The van der Waals surface area contributed by atoms with Crippen molar-refractivity contribution in [3.05, 3.63) is 65.9 Å². The molecule has 0 radical (unpaired) electrons. The second-order valence-corrected chi connectivity index (χ2v) is 6.45. The molecule has 166 valence electrons. The van der Waals surface area contributed by atoms with E-state index in [9.17, 15) is 35.9 Å². The second kappa shape index (κ2) is 8.32. The summed E-state index contributed by atoms with van der Waals surface area (Å²) in [5, 5.41) is 5.90. The molecule has 0 aromatic carbocycles. The lowest BCUT2D eigenvalue weighted by Gasteiger charge is -2.25. The summed E-state index contributed by atoms with van der Waals surface area (Å²) in [6, 6.07) is 1.37. The molecule has 1 aromatic rings. The Morgan fingerprint density at radius 1 is 1.16 bits per heavy atom. The Bertz CT molecular complexity index is 939. The van der Waals surface area contributed by atoms with Crippen LogP contribution >= 0.6 is 0 Å². The average molecular weight is 447 g/mol. The molecule has 7 nitrogen and oxygen atoms in total. The van der Waals surface area contributed by atoms with Gasteiger partial charge in [0.1, 0.15) is 12.2 Å². The Morgan fingerprint density at radius 2 is 1.90 bits per heavy atom. The number of halogens is 6. The molecule has 13 heteroatoms. The van der Waals surface area contributed by atoms with Gasteiger partial charge < -0.3 is 20.9 Å². The van der Waals surface area contributed by atoms with E-state index in [0.717, 1.165) is 17.2 Å². The Kier molecular flexibility index (Phi) is 5.95. The van der Waals surface area contributed by atoms with E-state index in [-0.39, 0.29) is 5.70 Å². The minimum atomic E-state index is -4.88. The van der Waals surface area contributed by atoms with E-state index < -0.39 is 54.3 Å². The largest absolute Gasteiger partial charge is 0.414 e. The van der Waals surface area contributed by atoms with Crippen molar-refractivity contribution in [3.63, 3.8) is 0 Å². The lowest BCUT2D eigenvalue weighted by Crippen LogP contribution is -2.51. The monoisotopic (exact) mass is 447 g/mol. The van der Waals surface area contributed by atoms with Gasteiger partial charge in [0.25, 0.3) is 11.8 Å². The highest BCUT2D eigenvalue weighted by Gasteiger charge is 2.45. The fourth-order valence-corrected chi connectivity index (χ4v) is 2.90. The quantitative estimate of drug-likeness (QED) is 0.602. The molecule has 2 aliphatic heterocycles. The predicted octanol–water partition coefficient (Wildman–Crippen LogP) is 2.01. The number of allylic oxidation sites excluding steroid dienone is 3. The summed E-state index contributed by atoms with van der Waals surface area (Å²) < 4.78 is 77.7. The summed E-state index contributed by atoms with van der Waals surface area (Å²) in [7, 11) is 0. The molecule has 0 fully saturated rings. The summed E-state index contributed by atoms with van der Waals surface area (Å²) >= 11 is 0. The van der Waals surface area contributed by atoms with E-state index in [1.165, 1.54) is 36.6 Å². The van der Waals surface area contributed by atoms with E-state index in [4.69, 9.17) is 0 Å². The van der Waals surface area contributed by atoms with Gasteiger partial charge in [-0.05, 0) is 24.3 Å². The lowest BCUT2D eigenvalue weighted by atomic mass is 10.1. The van der Waals surface area contributed by atoms with Crippen molar-refractivity contribution in [1.82, 2.24) is 25.8 Å². The van der Waals surface area contributed by atoms with Crippen LogP contribution < -0.4 is 16.0 Å². The predicted molar refractivity (Wildman–Crippen MR) is 94.3 cm³/mol. The van der Waals surface area contributed by atoms with Gasteiger partial charge in [0.15, 0.2) is 12.2 Å². The Balaban J connectivity index is 1.82. The highest BCUT2D eigenvalue weighted by atomic mass is 19.4. The van der Waals surface area contributed by atoms with Crippen molar-refractivity contribution in [2.75, 3.05) is 6.54 Å². The third kappa shape index (κ3) is 5.16.